The van der Waals surface area contributed by atoms with E-state index in [1.54, 1.807) is 31.0 Å². The maximum atomic E-state index is 15.1. The zero-order valence-electron chi connectivity index (χ0n) is 21.1. The van der Waals surface area contributed by atoms with E-state index in [0.29, 0.717) is 29.4 Å². The van der Waals surface area contributed by atoms with Gasteiger partial charge in [-0.1, -0.05) is 36.5 Å². The predicted octanol–water partition coefficient (Wildman–Crippen LogP) is 6.10. The van der Waals surface area contributed by atoms with Crippen molar-refractivity contribution in [3.63, 3.8) is 0 Å². The van der Waals surface area contributed by atoms with Crippen LogP contribution < -0.4 is 9.61 Å². The lowest BCUT2D eigenvalue weighted by Crippen LogP contribution is -2.45. The number of nitrogens with zero attached hydrogens (tertiary/aromatic N) is 3. The molecular weight excluding hydrogens is 597 g/mol. The minimum Gasteiger partial charge on any atom is -0.376 e. The van der Waals surface area contributed by atoms with Crippen LogP contribution in [0.1, 0.15) is 48.7 Å². The van der Waals surface area contributed by atoms with Gasteiger partial charge in [-0.05, 0) is 56.5 Å². The summed E-state index contributed by atoms with van der Waals surface area (Å²) in [5.41, 5.74) is 3.69. The molecule has 0 unspecified atom stereocenters. The van der Waals surface area contributed by atoms with Crippen molar-refractivity contribution in [2.45, 2.75) is 39.5 Å². The fourth-order valence-electron chi connectivity index (χ4n) is 4.27. The average Bonchev–Trinajstić information content (AvgIpc) is 3.18. The molecule has 2 aromatic carbocycles. The highest BCUT2D eigenvalue weighted by atomic mass is 35.5. The normalized spacial score (nSPS) is 14.1. The molecule has 1 saturated heterocycles. The lowest BCUT2D eigenvalue weighted by Gasteiger charge is -2.26. The van der Waals surface area contributed by atoms with E-state index in [2.05, 4.69) is 10.5 Å². The van der Waals surface area contributed by atoms with Gasteiger partial charge in [0.05, 0.1) is 22.2 Å². The largest absolute Gasteiger partial charge is 0.376 e. The number of hydrazine groups is 1. The topological polar surface area (TPSA) is 93.5 Å². The van der Waals surface area contributed by atoms with Crippen molar-refractivity contribution in [1.82, 2.24) is 20.2 Å². The van der Waals surface area contributed by atoms with Crippen LogP contribution in [0.5, 0.6) is 5.75 Å². The molecule has 1 aliphatic heterocycles. The number of rotatable bonds is 8. The number of piperidine rings is 1. The molecule has 39 heavy (non-hydrogen) atoms. The molecule has 1 N–H and O–H groups in total. The van der Waals surface area contributed by atoms with Crippen molar-refractivity contribution >= 4 is 51.6 Å². The third kappa shape index (κ3) is 7.01. The van der Waals surface area contributed by atoms with Gasteiger partial charge in [-0.15, -0.1) is 12.4 Å². The first-order valence-corrected chi connectivity index (χ1v) is 14.4. The van der Waals surface area contributed by atoms with Crippen molar-refractivity contribution in [2.24, 2.45) is 0 Å². The highest BCUT2D eigenvalue weighted by Crippen LogP contribution is 2.36. The summed E-state index contributed by atoms with van der Waals surface area (Å²) in [5.74, 6) is -4.37. The summed E-state index contributed by atoms with van der Waals surface area (Å²) in [7, 11) is -4.18. The minimum atomic E-state index is -4.18. The zero-order chi connectivity index (χ0) is 27.6. The summed E-state index contributed by atoms with van der Waals surface area (Å²) in [6, 6.07) is 6.46. The van der Waals surface area contributed by atoms with Crippen molar-refractivity contribution in [2.75, 3.05) is 18.8 Å². The molecule has 1 aromatic heterocycles. The summed E-state index contributed by atoms with van der Waals surface area (Å²) in [4.78, 5) is 13.2. The van der Waals surface area contributed by atoms with E-state index in [9.17, 15) is 13.2 Å². The monoisotopic (exact) mass is 622 g/mol. The Labute approximate surface area is 241 Å². The van der Waals surface area contributed by atoms with E-state index in [1.807, 2.05) is 0 Å². The Bertz CT molecular complexity index is 1460. The second-order valence-corrected chi connectivity index (χ2v) is 11.5. The molecule has 0 radical (unpaired) electrons. The third-order valence-corrected chi connectivity index (χ3v) is 7.89. The Balaban J connectivity index is 0.00000420. The number of amides is 1. The number of hydrogen-bond acceptors (Lipinski definition) is 6. The van der Waals surface area contributed by atoms with Crippen LogP contribution in [-0.2, 0) is 10.1 Å². The Hall–Kier alpha value is -2.44. The van der Waals surface area contributed by atoms with Crippen LogP contribution in [0.4, 0.5) is 8.78 Å². The number of halogens is 5. The molecule has 3 aromatic rings. The lowest BCUT2D eigenvalue weighted by molar-refractivity contribution is 0.0743. The van der Waals surface area contributed by atoms with Crippen molar-refractivity contribution < 1.29 is 26.2 Å². The average molecular weight is 624 g/mol. The van der Waals surface area contributed by atoms with Gasteiger partial charge in [0.15, 0.2) is 17.3 Å². The maximum Gasteiger partial charge on any atom is 0.309 e. The van der Waals surface area contributed by atoms with E-state index in [4.69, 9.17) is 27.4 Å². The van der Waals surface area contributed by atoms with Crippen molar-refractivity contribution in [3.8, 4) is 22.7 Å². The van der Waals surface area contributed by atoms with Crippen LogP contribution in [0.2, 0.25) is 10.0 Å². The van der Waals surface area contributed by atoms with Gasteiger partial charge >= 0.3 is 10.1 Å². The first-order valence-electron chi connectivity index (χ1n) is 12.0. The van der Waals surface area contributed by atoms with E-state index in [1.165, 1.54) is 10.7 Å². The van der Waals surface area contributed by atoms with Gasteiger partial charge in [-0.2, -0.15) is 13.5 Å². The number of carbonyl (C=O) groups excluding carboxylic acids is 1. The molecule has 14 heteroatoms. The van der Waals surface area contributed by atoms with Gasteiger partial charge in [-0.3, -0.25) is 10.2 Å². The van der Waals surface area contributed by atoms with Crippen LogP contribution >= 0.6 is 35.6 Å². The Kier molecular flexibility index (Phi) is 10.2. The molecule has 2 heterocycles. The highest BCUT2D eigenvalue weighted by Gasteiger charge is 2.27. The maximum absolute atomic E-state index is 15.1. The summed E-state index contributed by atoms with van der Waals surface area (Å²) in [6.07, 6.45) is 3.18. The summed E-state index contributed by atoms with van der Waals surface area (Å²) < 4.78 is 60.1. The molecule has 0 saturated carbocycles. The molecule has 0 bridgehead atoms. The fraction of sp³-hybridized carbons (Fsp3) is 0.360. The van der Waals surface area contributed by atoms with Gasteiger partial charge in [0.2, 0.25) is 5.75 Å². The van der Waals surface area contributed by atoms with Crippen LogP contribution in [-0.4, -0.2) is 48.0 Å². The lowest BCUT2D eigenvalue weighted by atomic mass is 10.1. The van der Waals surface area contributed by atoms with Crippen molar-refractivity contribution in [3.05, 3.63) is 63.3 Å². The number of nitrogens with one attached hydrogen (secondary N) is 1. The molecule has 1 amide bonds. The van der Waals surface area contributed by atoms with E-state index < -0.39 is 39.2 Å². The molecule has 212 valence electrons. The first kappa shape index (κ1) is 31.1. The van der Waals surface area contributed by atoms with Gasteiger partial charge in [0.1, 0.15) is 0 Å². The van der Waals surface area contributed by atoms with Crippen LogP contribution in [0.3, 0.4) is 0 Å². The van der Waals surface area contributed by atoms with Crippen LogP contribution in [0, 0.1) is 18.6 Å². The zero-order valence-corrected chi connectivity index (χ0v) is 24.3. The molecular formula is C25H27Cl3F2N4O4S. The predicted molar refractivity (Wildman–Crippen MR) is 149 cm³/mol. The minimum absolute atomic E-state index is 0. The molecule has 1 fully saturated rings. The number of benzene rings is 2. The molecule has 0 aliphatic carbocycles. The molecule has 4 rings (SSSR count). The van der Waals surface area contributed by atoms with Crippen molar-refractivity contribution in [1.29, 1.82) is 0 Å². The summed E-state index contributed by atoms with van der Waals surface area (Å²) >= 11 is 12.5. The SMILES string of the molecule is CCCS(=O)(=O)Oc1c(F)cc(-c2c(C)c(C(=O)NN3CCCCC3)nn2-c2ccc(Cl)cc2Cl)cc1F.Cl. The molecule has 1 aliphatic rings. The van der Waals surface area contributed by atoms with E-state index in [0.717, 1.165) is 31.4 Å². The second kappa shape index (κ2) is 12.8. The standard InChI is InChI=1S/C25H26Cl2F2N4O4S.ClH/c1-3-11-38(35,36)37-24-19(28)12-16(13-20(24)29)23-15(2)22(25(34)31-32-9-5-4-6-10-32)30-33(23)21-8-7-17(26)14-18(21)27;/h7-8,12-14H,3-6,9-11H2,1-2H3,(H,31,34);1H. The number of aromatic nitrogens is 2. The Morgan fingerprint density at radius 1 is 1.10 bits per heavy atom. The van der Waals surface area contributed by atoms with E-state index in [-0.39, 0.29) is 40.8 Å². The summed E-state index contributed by atoms with van der Waals surface area (Å²) in [6.45, 7) is 4.58. The molecule has 0 spiro atoms. The highest BCUT2D eigenvalue weighted by molar-refractivity contribution is 7.87. The van der Waals surface area contributed by atoms with Crippen LogP contribution in [0.25, 0.3) is 16.9 Å². The molecule has 8 nitrogen and oxygen atoms in total. The summed E-state index contributed by atoms with van der Waals surface area (Å²) in [5, 5.41) is 6.81. The Morgan fingerprint density at radius 2 is 1.74 bits per heavy atom. The number of hydrogen-bond donors (Lipinski definition) is 1. The third-order valence-electron chi connectivity index (χ3n) is 6.03. The number of carbonyl (C=O) groups is 1. The molecule has 0 atom stereocenters. The Morgan fingerprint density at radius 3 is 2.33 bits per heavy atom. The van der Waals surface area contributed by atoms with Gasteiger partial charge in [0, 0.05) is 29.2 Å². The fourth-order valence-corrected chi connectivity index (χ4v) is 5.76. The second-order valence-electron chi connectivity index (χ2n) is 8.93. The quantitative estimate of drug-likeness (QED) is 0.305. The van der Waals surface area contributed by atoms with Gasteiger partial charge in [0.25, 0.3) is 5.91 Å². The van der Waals surface area contributed by atoms with Gasteiger partial charge < -0.3 is 4.18 Å². The van der Waals surface area contributed by atoms with Crippen LogP contribution in [0.15, 0.2) is 30.3 Å². The smallest absolute Gasteiger partial charge is 0.309 e. The first-order chi connectivity index (χ1) is 18.0. The van der Waals surface area contributed by atoms with Gasteiger partial charge in [-0.25, -0.2) is 18.5 Å². The van der Waals surface area contributed by atoms with E-state index >= 15 is 8.78 Å².